The van der Waals surface area contributed by atoms with Crippen molar-refractivity contribution >= 4 is 43.7 Å². The van der Waals surface area contributed by atoms with Crippen molar-refractivity contribution in [2.75, 3.05) is 19.8 Å². The van der Waals surface area contributed by atoms with E-state index in [-0.39, 0.29) is 25.5 Å². The average molecular weight is 700 g/mol. The highest BCUT2D eigenvalue weighted by Gasteiger charge is 2.53. The minimum Gasteiger partial charge on any atom is -0.494 e. The lowest BCUT2D eigenvalue weighted by Gasteiger charge is -2.35. The molecule has 0 saturated heterocycles. The van der Waals surface area contributed by atoms with Gasteiger partial charge >= 0.3 is 0 Å². The number of carbonyl (C=O) groups is 1. The molecule has 3 aromatic rings. The van der Waals surface area contributed by atoms with Crippen LogP contribution < -0.4 is 10.1 Å². The monoisotopic (exact) mass is 698 g/mol. The van der Waals surface area contributed by atoms with E-state index in [0.29, 0.717) is 37.5 Å². The van der Waals surface area contributed by atoms with Crippen LogP contribution in [0.1, 0.15) is 61.3 Å². The van der Waals surface area contributed by atoms with Gasteiger partial charge in [-0.2, -0.15) is 0 Å². The van der Waals surface area contributed by atoms with Crippen molar-refractivity contribution in [3.63, 3.8) is 0 Å². The molecule has 42 heavy (non-hydrogen) atoms. The van der Waals surface area contributed by atoms with E-state index in [1.165, 1.54) is 0 Å². The Labute approximate surface area is 263 Å². The Kier molecular flexibility index (Phi) is 10.0. The van der Waals surface area contributed by atoms with Gasteiger partial charge in [0, 0.05) is 40.5 Å². The first kappa shape index (κ1) is 30.7. The van der Waals surface area contributed by atoms with E-state index in [2.05, 4.69) is 37.2 Å². The number of aliphatic imine (C=N–C) groups is 1. The summed E-state index contributed by atoms with van der Waals surface area (Å²) in [5, 5.41) is 23.3. The summed E-state index contributed by atoms with van der Waals surface area (Å²) in [5.41, 5.74) is 0.202. The second kappa shape index (κ2) is 13.7. The Hall–Kier alpha value is -2.72. The maximum atomic E-state index is 14.4. The zero-order valence-electron chi connectivity index (χ0n) is 23.4. The van der Waals surface area contributed by atoms with Crippen molar-refractivity contribution in [3.8, 4) is 5.75 Å². The maximum absolute atomic E-state index is 14.4. The number of ether oxygens (including phenoxy) is 2. The van der Waals surface area contributed by atoms with Crippen LogP contribution in [0.25, 0.3) is 0 Å². The van der Waals surface area contributed by atoms with Crippen LogP contribution in [-0.4, -0.2) is 52.9 Å². The molecule has 0 bridgehead atoms. The quantitative estimate of drug-likeness (QED) is 0.205. The van der Waals surface area contributed by atoms with Crippen molar-refractivity contribution in [2.45, 2.75) is 62.2 Å². The zero-order valence-corrected chi connectivity index (χ0v) is 26.6. The van der Waals surface area contributed by atoms with E-state index in [9.17, 15) is 9.90 Å². The summed E-state index contributed by atoms with van der Waals surface area (Å²) in [4.78, 5) is 19.5. The van der Waals surface area contributed by atoms with Crippen LogP contribution in [0.4, 0.5) is 0 Å². The van der Waals surface area contributed by atoms with Crippen LogP contribution in [0.2, 0.25) is 0 Å². The second-order valence-electron chi connectivity index (χ2n) is 11.1. The normalized spacial score (nSPS) is 21.3. The van der Waals surface area contributed by atoms with E-state index in [1.54, 1.807) is 0 Å². The van der Waals surface area contributed by atoms with Gasteiger partial charge in [0.1, 0.15) is 5.75 Å². The fourth-order valence-electron chi connectivity index (χ4n) is 5.64. The molecule has 1 fully saturated rings. The summed E-state index contributed by atoms with van der Waals surface area (Å²) in [6.45, 7) is 0.654. The standard InChI is InChI=1S/C33H36Br2N2O5/c34-26-13-9-23(10-14-26)29-33(21-25-7-2-3-8-28(25)35,31(39)36-22-32(40)17-4-1-5-18-32)37-30(42-29)24-11-15-27(16-12-24)41-20-6-19-38/h2-3,7-16,29,38,40H,1,4-6,17-22H2,(H,36,39)/t29-,33-/m1/s1. The fourth-order valence-corrected chi connectivity index (χ4v) is 6.33. The number of aliphatic hydroxyl groups excluding tert-OH is 1. The largest absolute Gasteiger partial charge is 0.494 e. The van der Waals surface area contributed by atoms with Gasteiger partial charge in [-0.25, -0.2) is 4.99 Å². The predicted molar refractivity (Wildman–Crippen MR) is 170 cm³/mol. The van der Waals surface area contributed by atoms with Crippen molar-refractivity contribution in [2.24, 2.45) is 4.99 Å². The molecule has 9 heteroatoms. The summed E-state index contributed by atoms with van der Waals surface area (Å²) < 4.78 is 14.1. The van der Waals surface area contributed by atoms with E-state index in [4.69, 9.17) is 19.6 Å². The van der Waals surface area contributed by atoms with Crippen molar-refractivity contribution in [1.29, 1.82) is 0 Å². The topological polar surface area (TPSA) is 100 Å². The van der Waals surface area contributed by atoms with Gasteiger partial charge in [0.05, 0.1) is 12.2 Å². The van der Waals surface area contributed by atoms with Gasteiger partial charge in [0.15, 0.2) is 11.6 Å². The zero-order chi connectivity index (χ0) is 29.6. The third-order valence-electron chi connectivity index (χ3n) is 7.98. The van der Waals surface area contributed by atoms with Gasteiger partial charge in [-0.3, -0.25) is 4.79 Å². The molecule has 3 aromatic carbocycles. The highest BCUT2D eigenvalue weighted by molar-refractivity contribution is 9.10. The Morgan fingerprint density at radius 1 is 1.00 bits per heavy atom. The number of hydrogen-bond donors (Lipinski definition) is 3. The lowest BCUT2D eigenvalue weighted by molar-refractivity contribution is -0.130. The average Bonchev–Trinajstić information content (AvgIpc) is 3.39. The van der Waals surface area contributed by atoms with Gasteiger partial charge in [0.2, 0.25) is 5.90 Å². The number of hydrogen-bond acceptors (Lipinski definition) is 6. The van der Waals surface area contributed by atoms with Crippen LogP contribution in [-0.2, 0) is 16.0 Å². The summed E-state index contributed by atoms with van der Waals surface area (Å²) in [6.07, 6.45) is 4.44. The van der Waals surface area contributed by atoms with Gasteiger partial charge in [-0.05, 0) is 66.4 Å². The number of aliphatic hydroxyl groups is 2. The molecule has 2 aliphatic rings. The highest BCUT2D eigenvalue weighted by atomic mass is 79.9. The van der Waals surface area contributed by atoms with Crippen LogP contribution in [0.15, 0.2) is 86.7 Å². The molecule has 0 aromatic heterocycles. The Balaban J connectivity index is 1.54. The molecule has 1 aliphatic carbocycles. The number of rotatable bonds is 11. The van der Waals surface area contributed by atoms with Crippen molar-refractivity contribution in [1.82, 2.24) is 5.32 Å². The number of benzene rings is 3. The summed E-state index contributed by atoms with van der Waals surface area (Å²) in [7, 11) is 0. The molecule has 0 unspecified atom stereocenters. The fraction of sp³-hybridized carbons (Fsp3) is 0.394. The predicted octanol–water partition coefficient (Wildman–Crippen LogP) is 6.28. The molecular formula is C33H36Br2N2O5. The smallest absolute Gasteiger partial charge is 0.252 e. The highest BCUT2D eigenvalue weighted by Crippen LogP contribution is 2.44. The molecule has 1 amide bonds. The number of amides is 1. The van der Waals surface area contributed by atoms with Gasteiger partial charge in [-0.1, -0.05) is 81.5 Å². The molecule has 0 radical (unpaired) electrons. The molecule has 0 spiro atoms. The van der Waals surface area contributed by atoms with E-state index < -0.39 is 17.2 Å². The molecule has 222 valence electrons. The lowest BCUT2D eigenvalue weighted by Crippen LogP contribution is -2.54. The summed E-state index contributed by atoms with van der Waals surface area (Å²) in [6, 6.07) is 23.0. The van der Waals surface area contributed by atoms with Crippen LogP contribution >= 0.6 is 31.9 Å². The van der Waals surface area contributed by atoms with Crippen LogP contribution in [0.5, 0.6) is 5.75 Å². The third kappa shape index (κ3) is 7.08. The Morgan fingerprint density at radius 2 is 1.71 bits per heavy atom. The minimum absolute atomic E-state index is 0.0687. The molecule has 5 rings (SSSR count). The number of nitrogens with zero attached hydrogens (tertiary/aromatic N) is 1. The molecule has 1 saturated carbocycles. The maximum Gasteiger partial charge on any atom is 0.252 e. The molecule has 1 heterocycles. The third-order valence-corrected chi connectivity index (χ3v) is 9.29. The molecule has 2 atom stereocenters. The SMILES string of the molecule is O=C(NCC1(O)CCCCC1)[C@]1(Cc2ccccc2Br)N=C(c2ccc(OCCCO)cc2)O[C@@H]1c1ccc(Br)cc1. The first-order valence-electron chi connectivity index (χ1n) is 14.4. The number of carbonyl (C=O) groups excluding carboxylic acids is 1. The van der Waals surface area contributed by atoms with E-state index in [0.717, 1.165) is 44.9 Å². The van der Waals surface area contributed by atoms with Gasteiger partial charge in [0.25, 0.3) is 5.91 Å². The molecule has 1 aliphatic heterocycles. The Morgan fingerprint density at radius 3 is 2.40 bits per heavy atom. The van der Waals surface area contributed by atoms with E-state index in [1.807, 2.05) is 72.8 Å². The first-order valence-corrected chi connectivity index (χ1v) is 16.0. The lowest BCUT2D eigenvalue weighted by atomic mass is 9.81. The van der Waals surface area contributed by atoms with Crippen molar-refractivity contribution in [3.05, 3.63) is 98.4 Å². The Bertz CT molecular complexity index is 1390. The molecule has 7 nitrogen and oxygen atoms in total. The van der Waals surface area contributed by atoms with Gasteiger partial charge < -0.3 is 25.0 Å². The summed E-state index contributed by atoms with van der Waals surface area (Å²) >= 11 is 7.19. The number of halogens is 2. The van der Waals surface area contributed by atoms with Gasteiger partial charge in [-0.15, -0.1) is 0 Å². The summed E-state index contributed by atoms with van der Waals surface area (Å²) in [5.74, 6) is 0.751. The molecule has 3 N–H and O–H groups in total. The first-order chi connectivity index (χ1) is 20.3. The van der Waals surface area contributed by atoms with Crippen LogP contribution in [0.3, 0.4) is 0 Å². The molecular weight excluding hydrogens is 664 g/mol. The van der Waals surface area contributed by atoms with Crippen LogP contribution in [0, 0.1) is 0 Å². The number of nitrogens with one attached hydrogen (secondary N) is 1. The second-order valence-corrected chi connectivity index (χ2v) is 12.8. The van der Waals surface area contributed by atoms with Crippen molar-refractivity contribution < 1.29 is 24.5 Å². The minimum atomic E-state index is -1.34. The van der Waals surface area contributed by atoms with E-state index >= 15 is 0 Å².